The van der Waals surface area contributed by atoms with Crippen molar-refractivity contribution in [2.75, 3.05) is 14.2 Å². The first kappa shape index (κ1) is 11.9. The second-order valence-electron chi connectivity index (χ2n) is 3.01. The van der Waals surface area contributed by atoms with Crippen LogP contribution in [0.4, 0.5) is 0 Å². The van der Waals surface area contributed by atoms with Gasteiger partial charge in [-0.3, -0.25) is 0 Å². The summed E-state index contributed by atoms with van der Waals surface area (Å²) >= 11 is 0. The van der Waals surface area contributed by atoms with E-state index in [1.165, 1.54) is 6.42 Å². The van der Waals surface area contributed by atoms with Gasteiger partial charge in [0, 0.05) is 20.3 Å². The van der Waals surface area contributed by atoms with Gasteiger partial charge in [-0.1, -0.05) is 25.5 Å². The highest BCUT2D eigenvalue weighted by molar-refractivity contribution is 6.66. The van der Waals surface area contributed by atoms with Gasteiger partial charge in [-0.15, -0.1) is 0 Å². The minimum atomic E-state index is -1.83. The number of hydrogen-bond acceptors (Lipinski definition) is 2. The zero-order valence-electron chi connectivity index (χ0n) is 8.59. The minimum Gasteiger partial charge on any atom is -0.398 e. The van der Waals surface area contributed by atoms with E-state index < -0.39 is 8.56 Å². The number of allylic oxidation sites excluding steroid dienone is 2. The molecule has 0 rings (SSSR count). The number of rotatable bonds is 6. The first-order valence-corrected chi connectivity index (χ1v) is 6.96. The van der Waals surface area contributed by atoms with Crippen LogP contribution in [0.3, 0.4) is 0 Å². The predicted octanol–water partition coefficient (Wildman–Crippen LogP) is 2.71. The van der Waals surface area contributed by atoms with Crippen molar-refractivity contribution >= 4 is 8.56 Å². The maximum atomic E-state index is 5.33. The monoisotopic (exact) mass is 188 g/mol. The summed E-state index contributed by atoms with van der Waals surface area (Å²) in [5.74, 6) is 0. The second kappa shape index (κ2) is 6.40. The summed E-state index contributed by atoms with van der Waals surface area (Å²) in [6.45, 7) is 4.25. The summed E-state index contributed by atoms with van der Waals surface area (Å²) < 4.78 is 10.7. The topological polar surface area (TPSA) is 18.5 Å². The molecule has 0 aromatic rings. The average molecular weight is 188 g/mol. The van der Waals surface area contributed by atoms with Gasteiger partial charge in [0.15, 0.2) is 0 Å². The van der Waals surface area contributed by atoms with Crippen LogP contribution in [0.2, 0.25) is 12.6 Å². The molecule has 0 unspecified atom stereocenters. The minimum absolute atomic E-state index is 0.944. The van der Waals surface area contributed by atoms with Crippen molar-refractivity contribution < 1.29 is 8.85 Å². The lowest BCUT2D eigenvalue weighted by molar-refractivity contribution is 0.253. The van der Waals surface area contributed by atoms with Gasteiger partial charge < -0.3 is 8.85 Å². The molecule has 0 aromatic heterocycles. The third-order valence-corrected chi connectivity index (χ3v) is 4.68. The van der Waals surface area contributed by atoms with Crippen molar-refractivity contribution in [1.29, 1.82) is 0 Å². The SMILES string of the molecule is CCCC=CC[Si](C)(OC)OC. The van der Waals surface area contributed by atoms with Crippen LogP contribution in [0.1, 0.15) is 19.8 Å². The van der Waals surface area contributed by atoms with Gasteiger partial charge >= 0.3 is 8.56 Å². The zero-order valence-corrected chi connectivity index (χ0v) is 9.59. The lowest BCUT2D eigenvalue weighted by atomic mass is 10.3. The fourth-order valence-corrected chi connectivity index (χ4v) is 1.93. The van der Waals surface area contributed by atoms with Gasteiger partial charge in [-0.25, -0.2) is 0 Å². The Kier molecular flexibility index (Phi) is 6.33. The highest BCUT2D eigenvalue weighted by Gasteiger charge is 2.26. The van der Waals surface area contributed by atoms with Gasteiger partial charge in [0.25, 0.3) is 0 Å². The molecular formula is C9H20O2Si. The summed E-state index contributed by atoms with van der Waals surface area (Å²) in [6, 6.07) is 0.944. The van der Waals surface area contributed by atoms with Crippen LogP contribution >= 0.6 is 0 Å². The normalized spacial score (nSPS) is 12.7. The van der Waals surface area contributed by atoms with E-state index in [9.17, 15) is 0 Å². The number of hydrogen-bond donors (Lipinski definition) is 0. The van der Waals surface area contributed by atoms with Crippen molar-refractivity contribution in [2.45, 2.75) is 32.4 Å². The fraction of sp³-hybridized carbons (Fsp3) is 0.778. The third-order valence-electron chi connectivity index (χ3n) is 1.97. The van der Waals surface area contributed by atoms with Gasteiger partial charge in [0.2, 0.25) is 0 Å². The molecule has 0 fully saturated rings. The van der Waals surface area contributed by atoms with E-state index in [-0.39, 0.29) is 0 Å². The Morgan fingerprint density at radius 2 is 1.75 bits per heavy atom. The molecule has 0 saturated carbocycles. The van der Waals surface area contributed by atoms with E-state index in [0.29, 0.717) is 0 Å². The van der Waals surface area contributed by atoms with Crippen molar-refractivity contribution in [3.8, 4) is 0 Å². The molecule has 0 aromatic carbocycles. The molecule has 0 radical (unpaired) electrons. The Bertz CT molecular complexity index is 130. The molecule has 0 amide bonds. The Labute approximate surface area is 76.8 Å². The van der Waals surface area contributed by atoms with Gasteiger partial charge in [0.05, 0.1) is 0 Å². The summed E-state index contributed by atoms with van der Waals surface area (Å²) in [6.07, 6.45) is 6.72. The van der Waals surface area contributed by atoms with Crippen LogP contribution in [-0.4, -0.2) is 22.8 Å². The maximum Gasteiger partial charge on any atom is 0.338 e. The molecular weight excluding hydrogens is 168 g/mol. The molecule has 3 heteroatoms. The third kappa shape index (κ3) is 4.69. The molecule has 0 aliphatic carbocycles. The van der Waals surface area contributed by atoms with Crippen molar-refractivity contribution in [2.24, 2.45) is 0 Å². The molecule has 0 aliphatic heterocycles. The van der Waals surface area contributed by atoms with Gasteiger partial charge in [-0.2, -0.15) is 0 Å². The molecule has 0 aliphatic rings. The van der Waals surface area contributed by atoms with Crippen LogP contribution in [-0.2, 0) is 8.85 Å². The van der Waals surface area contributed by atoms with E-state index >= 15 is 0 Å². The molecule has 0 atom stereocenters. The summed E-state index contributed by atoms with van der Waals surface area (Å²) in [5, 5.41) is 0. The van der Waals surface area contributed by atoms with E-state index in [0.717, 1.165) is 12.5 Å². The molecule has 0 N–H and O–H groups in total. The van der Waals surface area contributed by atoms with E-state index in [2.05, 4.69) is 25.6 Å². The Hall–Kier alpha value is -0.123. The standard InChI is InChI=1S/C9H20O2Si/c1-5-6-7-8-9-12(4,10-2)11-3/h7-8H,5-6,9H2,1-4H3. The molecule has 0 heterocycles. The fourth-order valence-electron chi connectivity index (χ4n) is 0.832. The lowest BCUT2D eigenvalue weighted by Gasteiger charge is -2.20. The lowest BCUT2D eigenvalue weighted by Crippen LogP contribution is -2.35. The van der Waals surface area contributed by atoms with Crippen molar-refractivity contribution in [3.63, 3.8) is 0 Å². The van der Waals surface area contributed by atoms with Crippen LogP contribution < -0.4 is 0 Å². The summed E-state index contributed by atoms with van der Waals surface area (Å²) in [7, 11) is 1.62. The number of unbranched alkanes of at least 4 members (excludes halogenated alkanes) is 1. The highest BCUT2D eigenvalue weighted by atomic mass is 28.4. The van der Waals surface area contributed by atoms with Crippen LogP contribution in [0, 0.1) is 0 Å². The van der Waals surface area contributed by atoms with Crippen LogP contribution in [0.5, 0.6) is 0 Å². The van der Waals surface area contributed by atoms with E-state index in [1.807, 2.05) is 0 Å². The first-order chi connectivity index (χ1) is 5.68. The average Bonchev–Trinajstić information content (AvgIpc) is 2.12. The predicted molar refractivity (Wildman–Crippen MR) is 54.5 cm³/mol. The summed E-state index contributed by atoms with van der Waals surface area (Å²) in [4.78, 5) is 0. The zero-order chi connectivity index (χ0) is 9.45. The highest BCUT2D eigenvalue weighted by Crippen LogP contribution is 2.11. The first-order valence-electron chi connectivity index (χ1n) is 4.44. The molecule has 0 bridgehead atoms. The summed E-state index contributed by atoms with van der Waals surface area (Å²) in [5.41, 5.74) is 0. The quantitative estimate of drug-likeness (QED) is 0.471. The Morgan fingerprint density at radius 3 is 2.17 bits per heavy atom. The molecule has 12 heavy (non-hydrogen) atoms. The van der Waals surface area contributed by atoms with Gasteiger partial charge in [0.1, 0.15) is 0 Å². The van der Waals surface area contributed by atoms with Crippen LogP contribution in [0.25, 0.3) is 0 Å². The van der Waals surface area contributed by atoms with E-state index in [4.69, 9.17) is 8.85 Å². The van der Waals surface area contributed by atoms with E-state index in [1.54, 1.807) is 14.2 Å². The molecule has 0 saturated heterocycles. The molecule has 0 spiro atoms. The van der Waals surface area contributed by atoms with Crippen LogP contribution in [0.15, 0.2) is 12.2 Å². The largest absolute Gasteiger partial charge is 0.398 e. The van der Waals surface area contributed by atoms with Crippen molar-refractivity contribution in [3.05, 3.63) is 12.2 Å². The van der Waals surface area contributed by atoms with Gasteiger partial charge in [-0.05, 0) is 13.0 Å². The van der Waals surface area contributed by atoms with Crippen molar-refractivity contribution in [1.82, 2.24) is 0 Å². The maximum absolute atomic E-state index is 5.33. The smallest absolute Gasteiger partial charge is 0.338 e. The molecule has 2 nitrogen and oxygen atoms in total. The molecule has 72 valence electrons. The Balaban J connectivity index is 3.72. The second-order valence-corrected chi connectivity index (χ2v) is 6.50. The Morgan fingerprint density at radius 1 is 1.17 bits per heavy atom.